The summed E-state index contributed by atoms with van der Waals surface area (Å²) < 4.78 is 26.6. The van der Waals surface area contributed by atoms with E-state index < -0.39 is 21.9 Å². The van der Waals surface area contributed by atoms with E-state index in [4.69, 9.17) is 5.11 Å². The van der Waals surface area contributed by atoms with Gasteiger partial charge < -0.3 is 5.11 Å². The standard InChI is InChI=1S/C12H17NO4S2/c1-8-7-11(18-9(8)2)19(16,17)13-5-3-10(4-6-13)12(14)15/h7,10H,3-6H2,1-2H3,(H,14,15). The molecule has 1 N–H and O–H groups in total. The second-order valence-corrected chi connectivity index (χ2v) is 8.24. The fraction of sp³-hybridized carbons (Fsp3) is 0.583. The number of nitrogens with zero attached hydrogens (tertiary/aromatic N) is 1. The predicted molar refractivity (Wildman–Crippen MR) is 72.9 cm³/mol. The van der Waals surface area contributed by atoms with Gasteiger partial charge in [0, 0.05) is 18.0 Å². The quantitative estimate of drug-likeness (QED) is 0.924. The van der Waals surface area contributed by atoms with Crippen molar-refractivity contribution in [2.24, 2.45) is 5.92 Å². The van der Waals surface area contributed by atoms with E-state index in [0.29, 0.717) is 17.1 Å². The van der Waals surface area contributed by atoms with Gasteiger partial charge in [-0.15, -0.1) is 11.3 Å². The van der Waals surface area contributed by atoms with Crippen LogP contribution in [0.4, 0.5) is 0 Å². The van der Waals surface area contributed by atoms with Gasteiger partial charge in [0.1, 0.15) is 4.21 Å². The minimum Gasteiger partial charge on any atom is -0.481 e. The molecule has 1 aromatic rings. The number of hydrogen-bond donors (Lipinski definition) is 1. The molecule has 2 rings (SSSR count). The van der Waals surface area contributed by atoms with Gasteiger partial charge in [0.05, 0.1) is 5.92 Å². The average Bonchev–Trinajstić information content (AvgIpc) is 2.70. The molecule has 0 atom stereocenters. The van der Waals surface area contributed by atoms with Gasteiger partial charge in [-0.1, -0.05) is 0 Å². The summed E-state index contributed by atoms with van der Waals surface area (Å²) in [4.78, 5) is 11.9. The first-order valence-corrected chi connectivity index (χ1v) is 8.38. The molecule has 1 saturated heterocycles. The van der Waals surface area contributed by atoms with Crippen LogP contribution in [0, 0.1) is 19.8 Å². The third-order valence-electron chi connectivity index (χ3n) is 3.54. The van der Waals surface area contributed by atoms with Crippen LogP contribution in [0.3, 0.4) is 0 Å². The minimum absolute atomic E-state index is 0.287. The van der Waals surface area contributed by atoms with Gasteiger partial charge in [-0.05, 0) is 38.3 Å². The van der Waals surface area contributed by atoms with Crippen molar-refractivity contribution in [3.63, 3.8) is 0 Å². The van der Waals surface area contributed by atoms with Gasteiger partial charge in [-0.3, -0.25) is 4.79 Å². The zero-order valence-electron chi connectivity index (χ0n) is 10.9. The molecule has 0 radical (unpaired) electrons. The van der Waals surface area contributed by atoms with Gasteiger partial charge >= 0.3 is 5.97 Å². The van der Waals surface area contributed by atoms with Gasteiger partial charge in [0.2, 0.25) is 0 Å². The monoisotopic (exact) mass is 303 g/mol. The number of sulfonamides is 1. The Balaban J connectivity index is 2.16. The van der Waals surface area contributed by atoms with Crippen LogP contribution in [0.15, 0.2) is 10.3 Å². The summed E-state index contributed by atoms with van der Waals surface area (Å²) in [6.07, 6.45) is 0.774. The van der Waals surface area contributed by atoms with Crippen molar-refractivity contribution in [3.05, 3.63) is 16.5 Å². The first-order chi connectivity index (χ1) is 8.82. The van der Waals surface area contributed by atoms with E-state index in [0.717, 1.165) is 10.4 Å². The summed E-state index contributed by atoms with van der Waals surface area (Å²) in [6.45, 7) is 4.36. The van der Waals surface area contributed by atoms with Gasteiger partial charge in [-0.2, -0.15) is 4.31 Å². The van der Waals surface area contributed by atoms with E-state index in [1.54, 1.807) is 6.07 Å². The van der Waals surface area contributed by atoms with Crippen molar-refractivity contribution in [2.45, 2.75) is 30.9 Å². The average molecular weight is 303 g/mol. The molecule has 19 heavy (non-hydrogen) atoms. The maximum absolute atomic E-state index is 12.4. The van der Waals surface area contributed by atoms with E-state index in [1.165, 1.54) is 15.6 Å². The number of carboxylic acid groups (broad SMARTS) is 1. The lowest BCUT2D eigenvalue weighted by Crippen LogP contribution is -2.39. The van der Waals surface area contributed by atoms with E-state index >= 15 is 0 Å². The Labute approximate surface area is 116 Å². The highest BCUT2D eigenvalue weighted by Gasteiger charge is 2.32. The second-order valence-electron chi connectivity index (χ2n) is 4.82. The molecule has 1 aliphatic rings. The predicted octanol–water partition coefficient (Wildman–Crippen LogP) is 1.85. The Kier molecular flexibility index (Phi) is 3.98. The summed E-state index contributed by atoms with van der Waals surface area (Å²) in [7, 11) is -3.45. The molecule has 106 valence electrons. The van der Waals surface area contributed by atoms with Crippen molar-refractivity contribution in [1.29, 1.82) is 0 Å². The molecule has 1 aromatic heterocycles. The highest BCUT2D eigenvalue weighted by Crippen LogP contribution is 2.30. The van der Waals surface area contributed by atoms with Gasteiger partial charge in [0.25, 0.3) is 10.0 Å². The molecule has 5 nitrogen and oxygen atoms in total. The van der Waals surface area contributed by atoms with Gasteiger partial charge in [0.15, 0.2) is 0 Å². The van der Waals surface area contributed by atoms with Crippen molar-refractivity contribution in [1.82, 2.24) is 4.31 Å². The fourth-order valence-corrected chi connectivity index (χ4v) is 5.28. The molecule has 0 bridgehead atoms. The topological polar surface area (TPSA) is 74.7 Å². The molecule has 0 spiro atoms. The first-order valence-electron chi connectivity index (χ1n) is 6.12. The highest BCUT2D eigenvalue weighted by atomic mass is 32.2. The molecular weight excluding hydrogens is 286 g/mol. The van der Waals surface area contributed by atoms with Crippen LogP contribution in [0.2, 0.25) is 0 Å². The molecular formula is C12H17NO4S2. The van der Waals surface area contributed by atoms with E-state index in [2.05, 4.69) is 0 Å². The summed E-state index contributed by atoms with van der Waals surface area (Å²) in [5.41, 5.74) is 0.976. The Morgan fingerprint density at radius 2 is 1.95 bits per heavy atom. The van der Waals surface area contributed by atoms with Gasteiger partial charge in [-0.25, -0.2) is 8.42 Å². The molecule has 0 aromatic carbocycles. The summed E-state index contributed by atoms with van der Waals surface area (Å²) in [6, 6.07) is 1.69. The molecule has 1 fully saturated rings. The zero-order valence-corrected chi connectivity index (χ0v) is 12.6. The Morgan fingerprint density at radius 1 is 1.37 bits per heavy atom. The maximum Gasteiger partial charge on any atom is 0.306 e. The van der Waals surface area contributed by atoms with E-state index in [9.17, 15) is 13.2 Å². The van der Waals surface area contributed by atoms with E-state index in [1.807, 2.05) is 13.8 Å². The third kappa shape index (κ3) is 2.82. The number of hydrogen-bond acceptors (Lipinski definition) is 4. The highest BCUT2D eigenvalue weighted by molar-refractivity contribution is 7.91. The van der Waals surface area contributed by atoms with Crippen LogP contribution >= 0.6 is 11.3 Å². The smallest absolute Gasteiger partial charge is 0.306 e. The van der Waals surface area contributed by atoms with Crippen LogP contribution in [0.1, 0.15) is 23.3 Å². The van der Waals surface area contributed by atoms with E-state index in [-0.39, 0.29) is 13.1 Å². The number of thiophene rings is 1. The van der Waals surface area contributed by atoms with Crippen LogP contribution in [-0.4, -0.2) is 36.9 Å². The number of carboxylic acids is 1. The zero-order chi connectivity index (χ0) is 14.2. The largest absolute Gasteiger partial charge is 0.481 e. The molecule has 7 heteroatoms. The molecule has 0 saturated carbocycles. The third-order valence-corrected chi connectivity index (χ3v) is 7.04. The number of rotatable bonds is 3. The lowest BCUT2D eigenvalue weighted by atomic mass is 9.99. The molecule has 2 heterocycles. The number of aryl methyl sites for hydroxylation is 2. The number of carbonyl (C=O) groups is 1. The van der Waals surface area contributed by atoms with Crippen molar-refractivity contribution in [3.8, 4) is 0 Å². The SMILES string of the molecule is Cc1cc(S(=O)(=O)N2CCC(C(=O)O)CC2)sc1C. The fourth-order valence-electron chi connectivity index (χ4n) is 2.14. The minimum atomic E-state index is -3.45. The number of piperidine rings is 1. The summed E-state index contributed by atoms with van der Waals surface area (Å²) in [5.74, 6) is -1.25. The van der Waals surface area contributed by atoms with Crippen LogP contribution in [-0.2, 0) is 14.8 Å². The Morgan fingerprint density at radius 3 is 2.37 bits per heavy atom. The second kappa shape index (κ2) is 5.22. The Bertz CT molecular complexity index is 563. The lowest BCUT2D eigenvalue weighted by Gasteiger charge is -2.28. The van der Waals surface area contributed by atoms with Crippen LogP contribution in [0.25, 0.3) is 0 Å². The van der Waals surface area contributed by atoms with Crippen LogP contribution in [0.5, 0.6) is 0 Å². The normalized spacial score (nSPS) is 18.6. The number of aliphatic carboxylic acids is 1. The van der Waals surface area contributed by atoms with Crippen molar-refractivity contribution < 1.29 is 18.3 Å². The maximum atomic E-state index is 12.4. The van der Waals surface area contributed by atoms with Crippen molar-refractivity contribution >= 4 is 27.3 Å². The molecule has 0 unspecified atom stereocenters. The Hall–Kier alpha value is -0.920. The first kappa shape index (κ1) is 14.5. The molecule has 0 amide bonds. The molecule has 0 aliphatic carbocycles. The van der Waals surface area contributed by atoms with Crippen molar-refractivity contribution in [2.75, 3.05) is 13.1 Å². The lowest BCUT2D eigenvalue weighted by molar-refractivity contribution is -0.142. The summed E-state index contributed by atoms with van der Waals surface area (Å²) in [5, 5.41) is 8.92. The van der Waals surface area contributed by atoms with Crippen LogP contribution < -0.4 is 0 Å². The molecule has 1 aliphatic heterocycles. The summed E-state index contributed by atoms with van der Waals surface area (Å²) >= 11 is 1.28.